The minimum atomic E-state index is -3.52. The summed E-state index contributed by atoms with van der Waals surface area (Å²) in [6.07, 6.45) is 5.37. The summed E-state index contributed by atoms with van der Waals surface area (Å²) >= 11 is 0. The molecule has 1 atom stereocenters. The summed E-state index contributed by atoms with van der Waals surface area (Å²) in [6.45, 7) is 4.36. The second kappa shape index (κ2) is 10.6. The van der Waals surface area contributed by atoms with Crippen LogP contribution < -0.4 is 15.4 Å². The van der Waals surface area contributed by atoms with Crippen LogP contribution in [0.1, 0.15) is 44.2 Å². The Hall–Kier alpha value is -3.59. The number of aryl methyl sites for hydroxylation is 1. The van der Waals surface area contributed by atoms with Crippen molar-refractivity contribution in [1.82, 2.24) is 15.0 Å². The van der Waals surface area contributed by atoms with E-state index in [-0.39, 0.29) is 19.1 Å². The second-order valence-corrected chi connectivity index (χ2v) is 9.74. The molecule has 0 saturated carbocycles. The number of benzene rings is 1. The Morgan fingerprint density at radius 1 is 1.38 bits per heavy atom. The van der Waals surface area contributed by atoms with Crippen LogP contribution in [0.4, 0.5) is 5.82 Å². The van der Waals surface area contributed by atoms with Gasteiger partial charge in [-0.05, 0) is 48.2 Å². The lowest BCUT2D eigenvalue weighted by atomic mass is 9.94. The molecule has 1 aliphatic rings. The van der Waals surface area contributed by atoms with Crippen molar-refractivity contribution in [2.24, 2.45) is 0 Å². The normalized spacial score (nSPS) is 14.2. The van der Waals surface area contributed by atoms with Crippen molar-refractivity contribution in [3.8, 4) is 6.07 Å². The number of hydrogen-bond acceptors (Lipinski definition) is 9. The quantitative estimate of drug-likeness (QED) is 0.296. The number of carbonyl (C=O) groups excluding carboxylic acids is 1. The lowest BCUT2D eigenvalue weighted by Crippen LogP contribution is -2.36. The third kappa shape index (κ3) is 6.05. The first kappa shape index (κ1) is 25.0. The van der Waals surface area contributed by atoms with Crippen LogP contribution in [0.2, 0.25) is 0 Å². The van der Waals surface area contributed by atoms with Gasteiger partial charge in [0.15, 0.2) is 0 Å². The Morgan fingerprint density at radius 2 is 2.15 bits per heavy atom. The number of ether oxygens (including phenoxy) is 1. The molecule has 0 radical (unpaired) electrons. The zero-order chi connectivity index (χ0) is 24.9. The van der Waals surface area contributed by atoms with Crippen LogP contribution in [-0.2, 0) is 21.4 Å². The summed E-state index contributed by atoms with van der Waals surface area (Å²) < 4.78 is 31.7. The molecule has 0 fully saturated rings. The standard InChI is InChI=1S/C23H26N6O4S/c1-14-6-22(28-11-17(14)8-25)27-10-16(7-24)9-26-12-21(29-34(3,31)32)18-4-5-19-20(15(18)2)13-33-23(19)30/h4-7,10-11,21,24,26,29H,9,12-13H2,1-3H3,(H,27,28)/b16-10+,24-7?. The van der Waals surface area contributed by atoms with Crippen molar-refractivity contribution in [3.63, 3.8) is 0 Å². The van der Waals surface area contributed by atoms with E-state index < -0.39 is 16.1 Å². The lowest BCUT2D eigenvalue weighted by molar-refractivity contribution is 0.0535. The highest BCUT2D eigenvalue weighted by atomic mass is 32.2. The Kier molecular flexibility index (Phi) is 7.78. The van der Waals surface area contributed by atoms with Gasteiger partial charge in [0, 0.05) is 37.3 Å². The summed E-state index contributed by atoms with van der Waals surface area (Å²) in [5, 5.41) is 22.9. The molecule has 1 aromatic heterocycles. The molecule has 0 amide bonds. The van der Waals surface area contributed by atoms with E-state index in [0.717, 1.165) is 28.5 Å². The fourth-order valence-corrected chi connectivity index (χ4v) is 4.37. The van der Waals surface area contributed by atoms with Gasteiger partial charge in [-0.1, -0.05) is 6.07 Å². The predicted molar refractivity (Wildman–Crippen MR) is 128 cm³/mol. The Labute approximate surface area is 198 Å². The Balaban J connectivity index is 1.71. The zero-order valence-electron chi connectivity index (χ0n) is 19.1. The van der Waals surface area contributed by atoms with Crippen LogP contribution in [0, 0.1) is 30.6 Å². The molecule has 2 heterocycles. The predicted octanol–water partition coefficient (Wildman–Crippen LogP) is 2.07. The molecule has 10 nitrogen and oxygen atoms in total. The van der Waals surface area contributed by atoms with Crippen LogP contribution in [-0.4, -0.2) is 44.9 Å². The number of anilines is 1. The van der Waals surface area contributed by atoms with Gasteiger partial charge in [0.25, 0.3) is 0 Å². The van der Waals surface area contributed by atoms with Crippen molar-refractivity contribution in [2.45, 2.75) is 26.5 Å². The number of hydrogen-bond donors (Lipinski definition) is 4. The summed E-state index contributed by atoms with van der Waals surface area (Å²) in [6, 6.07) is 6.61. The molecule has 1 unspecified atom stereocenters. The highest BCUT2D eigenvalue weighted by Gasteiger charge is 2.27. The Morgan fingerprint density at radius 3 is 2.79 bits per heavy atom. The van der Waals surface area contributed by atoms with E-state index in [4.69, 9.17) is 15.4 Å². The number of rotatable bonds is 10. The van der Waals surface area contributed by atoms with Crippen molar-refractivity contribution < 1.29 is 17.9 Å². The van der Waals surface area contributed by atoms with Gasteiger partial charge < -0.3 is 20.8 Å². The monoisotopic (exact) mass is 482 g/mol. The van der Waals surface area contributed by atoms with Crippen molar-refractivity contribution in [2.75, 3.05) is 24.7 Å². The van der Waals surface area contributed by atoms with Crippen LogP contribution >= 0.6 is 0 Å². The van der Waals surface area contributed by atoms with Gasteiger partial charge in [0.1, 0.15) is 18.5 Å². The molecular weight excluding hydrogens is 456 g/mol. The third-order valence-corrected chi connectivity index (χ3v) is 6.15. The molecule has 1 aliphatic heterocycles. The molecule has 0 saturated heterocycles. The van der Waals surface area contributed by atoms with Gasteiger partial charge >= 0.3 is 5.97 Å². The van der Waals surface area contributed by atoms with Crippen LogP contribution in [0.15, 0.2) is 36.2 Å². The molecule has 0 spiro atoms. The van der Waals surface area contributed by atoms with E-state index in [1.54, 1.807) is 24.4 Å². The first-order valence-corrected chi connectivity index (χ1v) is 12.3. The SMILES string of the molecule is Cc1cc(N/C=C(\C=N)CNCC(NS(C)(=O)=O)c2ccc3c(c2C)COC3=O)ncc1C#N. The van der Waals surface area contributed by atoms with Crippen molar-refractivity contribution in [1.29, 1.82) is 10.7 Å². The molecule has 0 aliphatic carbocycles. The topological polar surface area (TPSA) is 157 Å². The minimum Gasteiger partial charge on any atom is -0.457 e. The largest absolute Gasteiger partial charge is 0.457 e. The van der Waals surface area contributed by atoms with Gasteiger partial charge in [-0.25, -0.2) is 22.9 Å². The second-order valence-electron chi connectivity index (χ2n) is 7.96. The summed E-state index contributed by atoms with van der Waals surface area (Å²) in [7, 11) is -3.52. The van der Waals surface area contributed by atoms with Gasteiger partial charge in [-0.3, -0.25) is 0 Å². The highest BCUT2D eigenvalue weighted by molar-refractivity contribution is 7.88. The Bertz CT molecular complexity index is 1300. The van der Waals surface area contributed by atoms with E-state index in [1.807, 2.05) is 13.8 Å². The van der Waals surface area contributed by atoms with Gasteiger partial charge in [0.05, 0.1) is 23.4 Å². The highest BCUT2D eigenvalue weighted by Crippen LogP contribution is 2.29. The third-order valence-electron chi connectivity index (χ3n) is 5.44. The molecule has 34 heavy (non-hydrogen) atoms. The first-order chi connectivity index (χ1) is 16.1. The van der Waals surface area contributed by atoms with Gasteiger partial charge in [0.2, 0.25) is 10.0 Å². The van der Waals surface area contributed by atoms with Crippen LogP contribution in [0.3, 0.4) is 0 Å². The van der Waals surface area contributed by atoms with E-state index in [9.17, 15) is 13.2 Å². The maximum Gasteiger partial charge on any atom is 0.338 e. The smallest absolute Gasteiger partial charge is 0.338 e. The number of esters is 1. The maximum absolute atomic E-state index is 12.0. The molecule has 178 valence electrons. The average molecular weight is 483 g/mol. The number of nitrogens with zero attached hydrogens (tertiary/aromatic N) is 2. The average Bonchev–Trinajstić information content (AvgIpc) is 3.16. The molecule has 4 N–H and O–H groups in total. The first-order valence-electron chi connectivity index (χ1n) is 10.4. The summed E-state index contributed by atoms with van der Waals surface area (Å²) in [4.78, 5) is 16.0. The molecule has 3 rings (SSSR count). The molecule has 1 aromatic carbocycles. The molecule has 11 heteroatoms. The number of aromatic nitrogens is 1. The van der Waals surface area contributed by atoms with E-state index in [1.165, 1.54) is 12.4 Å². The minimum absolute atomic E-state index is 0.169. The van der Waals surface area contributed by atoms with E-state index in [0.29, 0.717) is 29.1 Å². The zero-order valence-corrected chi connectivity index (χ0v) is 19.9. The number of sulfonamides is 1. The fraction of sp³-hybridized carbons (Fsp3) is 0.304. The number of fused-ring (bicyclic) bond motifs is 1. The van der Waals surface area contributed by atoms with Crippen molar-refractivity contribution in [3.05, 3.63) is 69.5 Å². The fourth-order valence-electron chi connectivity index (χ4n) is 3.64. The summed E-state index contributed by atoms with van der Waals surface area (Å²) in [5.41, 5.74) is 4.69. The summed E-state index contributed by atoms with van der Waals surface area (Å²) in [5.74, 6) is 0.161. The molecule has 2 aromatic rings. The van der Waals surface area contributed by atoms with Crippen LogP contribution in [0.25, 0.3) is 0 Å². The van der Waals surface area contributed by atoms with E-state index in [2.05, 4.69) is 26.4 Å². The van der Waals surface area contributed by atoms with E-state index >= 15 is 0 Å². The maximum atomic E-state index is 12.0. The number of carbonyl (C=O) groups is 1. The molecular formula is C23H26N6O4S. The number of nitrogens with one attached hydrogen (secondary N) is 4. The number of nitriles is 1. The van der Waals surface area contributed by atoms with Crippen molar-refractivity contribution >= 4 is 28.0 Å². The number of pyridine rings is 1. The van der Waals surface area contributed by atoms with Gasteiger partial charge in [-0.15, -0.1) is 0 Å². The van der Waals surface area contributed by atoms with Crippen LogP contribution in [0.5, 0.6) is 0 Å². The number of cyclic esters (lactones) is 1. The molecule has 0 bridgehead atoms. The van der Waals surface area contributed by atoms with Gasteiger partial charge in [-0.2, -0.15) is 5.26 Å². The lowest BCUT2D eigenvalue weighted by Gasteiger charge is -2.22.